The Morgan fingerprint density at radius 3 is 2.76 bits per heavy atom. The van der Waals surface area contributed by atoms with Gasteiger partial charge in [-0.1, -0.05) is 13.8 Å². The van der Waals surface area contributed by atoms with E-state index in [0.717, 1.165) is 32.7 Å². The van der Waals surface area contributed by atoms with Crippen molar-refractivity contribution in [3.8, 4) is 0 Å². The third kappa shape index (κ3) is 4.41. The molecule has 21 heavy (non-hydrogen) atoms. The highest BCUT2D eigenvalue weighted by Crippen LogP contribution is 2.44. The molecule has 0 radical (unpaired) electrons. The first-order chi connectivity index (χ1) is 10.2. The number of anilines is 1. The second kappa shape index (κ2) is 8.11. The smallest absolute Gasteiger partial charge is 0.186 e. The van der Waals surface area contributed by atoms with E-state index in [1.54, 1.807) is 7.11 Å². The Kier molecular flexibility index (Phi) is 6.45. The monoisotopic (exact) mass is 311 g/mol. The topological polar surface area (TPSA) is 37.4 Å². The lowest BCUT2D eigenvalue weighted by atomic mass is 10.2. The van der Waals surface area contributed by atoms with Crippen LogP contribution in [0.25, 0.3) is 0 Å². The molecule has 1 saturated carbocycles. The number of methoxy groups -OCH3 is 1. The minimum absolute atomic E-state index is 0.505. The first-order valence-electron chi connectivity index (χ1n) is 8.17. The molecule has 0 aromatic carbocycles. The van der Waals surface area contributed by atoms with E-state index in [4.69, 9.17) is 9.72 Å². The molecule has 2 rings (SSSR count). The van der Waals surface area contributed by atoms with Crippen molar-refractivity contribution < 1.29 is 4.74 Å². The fourth-order valence-electron chi connectivity index (χ4n) is 2.43. The molecule has 0 saturated heterocycles. The molecule has 1 heterocycles. The molecule has 0 spiro atoms. The zero-order chi connectivity index (χ0) is 15.2. The average Bonchev–Trinajstić information content (AvgIpc) is 3.26. The van der Waals surface area contributed by atoms with Crippen molar-refractivity contribution in [3.05, 3.63) is 10.6 Å². The van der Waals surface area contributed by atoms with Gasteiger partial charge in [0.05, 0.1) is 12.3 Å². The van der Waals surface area contributed by atoms with Crippen molar-refractivity contribution in [3.63, 3.8) is 0 Å². The molecule has 1 unspecified atom stereocenters. The quantitative estimate of drug-likeness (QED) is 0.719. The number of rotatable bonds is 10. The standard InChI is InChI=1S/C16H29N3OS/c1-5-12(3)19(9-10-20-4)16-18-15(13-7-8-13)14(21-16)11-17-6-2/h12-13,17H,5-11H2,1-4H3. The lowest BCUT2D eigenvalue weighted by Crippen LogP contribution is -2.35. The van der Waals surface area contributed by atoms with Crippen molar-refractivity contribution in [2.75, 3.05) is 31.7 Å². The molecule has 4 nitrogen and oxygen atoms in total. The van der Waals surface area contributed by atoms with Gasteiger partial charge in [0.15, 0.2) is 5.13 Å². The zero-order valence-electron chi connectivity index (χ0n) is 13.8. The Balaban J connectivity index is 2.18. The second-order valence-electron chi connectivity index (χ2n) is 5.80. The van der Waals surface area contributed by atoms with Gasteiger partial charge in [-0.15, -0.1) is 11.3 Å². The number of aromatic nitrogens is 1. The number of thiazole rings is 1. The molecule has 0 amide bonds. The van der Waals surface area contributed by atoms with Crippen molar-refractivity contribution in [2.45, 2.75) is 58.5 Å². The van der Waals surface area contributed by atoms with Gasteiger partial charge in [0, 0.05) is 37.0 Å². The summed E-state index contributed by atoms with van der Waals surface area (Å²) in [6, 6.07) is 0.505. The predicted molar refractivity (Wildman–Crippen MR) is 90.4 cm³/mol. The van der Waals surface area contributed by atoms with E-state index in [1.165, 1.54) is 28.5 Å². The predicted octanol–water partition coefficient (Wildman–Crippen LogP) is 3.38. The fourth-order valence-corrected chi connectivity index (χ4v) is 3.67. The Hall–Kier alpha value is -0.650. The average molecular weight is 311 g/mol. The van der Waals surface area contributed by atoms with Crippen LogP contribution < -0.4 is 10.2 Å². The van der Waals surface area contributed by atoms with Crippen LogP contribution in [-0.2, 0) is 11.3 Å². The molecule has 1 aliphatic rings. The molecule has 1 atom stereocenters. The molecule has 1 aromatic rings. The number of hydrogen-bond acceptors (Lipinski definition) is 5. The summed E-state index contributed by atoms with van der Waals surface area (Å²) < 4.78 is 5.27. The third-order valence-electron chi connectivity index (χ3n) is 4.12. The highest BCUT2D eigenvalue weighted by atomic mass is 32.1. The molecule has 1 aromatic heterocycles. The van der Waals surface area contributed by atoms with Crippen LogP contribution in [-0.4, -0.2) is 37.8 Å². The third-order valence-corrected chi connectivity index (χ3v) is 5.23. The van der Waals surface area contributed by atoms with Crippen molar-refractivity contribution in [2.24, 2.45) is 0 Å². The SMILES string of the molecule is CCNCc1sc(N(CCOC)C(C)CC)nc1C1CC1. The molecular weight excluding hydrogens is 282 g/mol. The van der Waals surface area contributed by atoms with Gasteiger partial charge in [-0.05, 0) is 32.7 Å². The number of nitrogens with one attached hydrogen (secondary N) is 1. The van der Waals surface area contributed by atoms with Crippen LogP contribution in [0.1, 0.15) is 56.5 Å². The van der Waals surface area contributed by atoms with E-state index < -0.39 is 0 Å². The molecule has 1 N–H and O–H groups in total. The maximum absolute atomic E-state index is 5.27. The maximum atomic E-state index is 5.27. The zero-order valence-corrected chi connectivity index (χ0v) is 14.6. The first kappa shape index (κ1) is 16.7. The molecule has 0 aliphatic heterocycles. The normalized spacial score (nSPS) is 16.2. The van der Waals surface area contributed by atoms with Crippen LogP contribution in [0.5, 0.6) is 0 Å². The Bertz CT molecular complexity index is 431. The van der Waals surface area contributed by atoms with Gasteiger partial charge in [0.1, 0.15) is 0 Å². The lowest BCUT2D eigenvalue weighted by Gasteiger charge is -2.27. The van der Waals surface area contributed by atoms with Crippen LogP contribution in [0.2, 0.25) is 0 Å². The van der Waals surface area contributed by atoms with Crippen LogP contribution in [0, 0.1) is 0 Å². The fraction of sp³-hybridized carbons (Fsp3) is 0.812. The van der Waals surface area contributed by atoms with E-state index >= 15 is 0 Å². The first-order valence-corrected chi connectivity index (χ1v) is 8.98. The number of hydrogen-bond donors (Lipinski definition) is 1. The summed E-state index contributed by atoms with van der Waals surface area (Å²) >= 11 is 1.87. The largest absolute Gasteiger partial charge is 0.383 e. The van der Waals surface area contributed by atoms with Gasteiger partial charge in [-0.2, -0.15) is 0 Å². The minimum atomic E-state index is 0.505. The highest BCUT2D eigenvalue weighted by Gasteiger charge is 2.30. The van der Waals surface area contributed by atoms with Gasteiger partial charge >= 0.3 is 0 Å². The molecule has 120 valence electrons. The van der Waals surface area contributed by atoms with Crippen molar-refractivity contribution in [1.82, 2.24) is 10.3 Å². The van der Waals surface area contributed by atoms with E-state index in [1.807, 2.05) is 11.3 Å². The van der Waals surface area contributed by atoms with E-state index in [0.29, 0.717) is 12.0 Å². The van der Waals surface area contributed by atoms with Crippen molar-refractivity contribution >= 4 is 16.5 Å². The molecular formula is C16H29N3OS. The lowest BCUT2D eigenvalue weighted by molar-refractivity contribution is 0.203. The summed E-state index contributed by atoms with van der Waals surface area (Å²) in [5.74, 6) is 0.713. The minimum Gasteiger partial charge on any atom is -0.383 e. The van der Waals surface area contributed by atoms with Gasteiger partial charge < -0.3 is 15.0 Å². The number of ether oxygens (including phenoxy) is 1. The highest BCUT2D eigenvalue weighted by molar-refractivity contribution is 7.15. The second-order valence-corrected chi connectivity index (χ2v) is 6.86. The molecule has 0 bridgehead atoms. The molecule has 1 fully saturated rings. The summed E-state index contributed by atoms with van der Waals surface area (Å²) in [4.78, 5) is 8.84. The molecule has 5 heteroatoms. The summed E-state index contributed by atoms with van der Waals surface area (Å²) in [7, 11) is 1.77. The van der Waals surface area contributed by atoms with Gasteiger partial charge in [0.2, 0.25) is 0 Å². The molecule has 1 aliphatic carbocycles. The van der Waals surface area contributed by atoms with E-state index in [9.17, 15) is 0 Å². The van der Waals surface area contributed by atoms with Gasteiger partial charge in [-0.3, -0.25) is 0 Å². The maximum Gasteiger partial charge on any atom is 0.186 e. The van der Waals surface area contributed by atoms with Gasteiger partial charge in [0.25, 0.3) is 0 Å². The summed E-state index contributed by atoms with van der Waals surface area (Å²) in [5, 5.41) is 4.63. The number of nitrogens with zero attached hydrogens (tertiary/aromatic N) is 2. The van der Waals surface area contributed by atoms with Crippen LogP contribution in [0.3, 0.4) is 0 Å². The Morgan fingerprint density at radius 2 is 2.19 bits per heavy atom. The van der Waals surface area contributed by atoms with Gasteiger partial charge in [-0.25, -0.2) is 4.98 Å². The Labute approximate surface area is 132 Å². The Morgan fingerprint density at radius 1 is 1.43 bits per heavy atom. The van der Waals surface area contributed by atoms with E-state index in [-0.39, 0.29) is 0 Å². The van der Waals surface area contributed by atoms with Crippen LogP contribution in [0.4, 0.5) is 5.13 Å². The summed E-state index contributed by atoms with van der Waals surface area (Å²) in [5.41, 5.74) is 1.35. The van der Waals surface area contributed by atoms with Crippen LogP contribution >= 0.6 is 11.3 Å². The van der Waals surface area contributed by atoms with E-state index in [2.05, 4.69) is 31.0 Å². The summed E-state index contributed by atoms with van der Waals surface area (Å²) in [6.45, 7) is 10.3. The van der Waals surface area contributed by atoms with Crippen LogP contribution in [0.15, 0.2) is 0 Å². The van der Waals surface area contributed by atoms with Crippen molar-refractivity contribution in [1.29, 1.82) is 0 Å². The summed E-state index contributed by atoms with van der Waals surface area (Å²) in [6.07, 6.45) is 3.75.